The molecule has 0 unspecified atom stereocenters. The summed E-state index contributed by atoms with van der Waals surface area (Å²) in [5.74, 6) is -2.07. The lowest BCUT2D eigenvalue weighted by molar-refractivity contribution is -0.384. The van der Waals surface area contributed by atoms with Crippen LogP contribution < -0.4 is 5.32 Å². The van der Waals surface area contributed by atoms with E-state index in [0.29, 0.717) is 10.7 Å². The summed E-state index contributed by atoms with van der Waals surface area (Å²) in [5.41, 5.74) is -0.190. The van der Waals surface area contributed by atoms with Gasteiger partial charge in [-0.05, 0) is 24.3 Å². The molecular formula is C18H15Cl2N3O6. The number of rotatable bonds is 7. The summed E-state index contributed by atoms with van der Waals surface area (Å²) in [7, 11) is 1.36. The van der Waals surface area contributed by atoms with Crippen molar-refractivity contribution >= 4 is 52.4 Å². The molecule has 2 amide bonds. The van der Waals surface area contributed by atoms with E-state index in [1.807, 2.05) is 0 Å². The SMILES string of the molecule is CN(CC(=O)Nc1ccccc1Cl)C(=O)COC(=O)c1ccc(Cl)c([N+](=O)[O-])c1. The number of carbonyl (C=O) groups excluding carboxylic acids is 3. The van der Waals surface area contributed by atoms with Crippen molar-refractivity contribution in [3.8, 4) is 0 Å². The van der Waals surface area contributed by atoms with Gasteiger partial charge in [0.15, 0.2) is 6.61 Å². The third-order valence-electron chi connectivity index (χ3n) is 3.66. The van der Waals surface area contributed by atoms with Crippen LogP contribution >= 0.6 is 23.2 Å². The van der Waals surface area contributed by atoms with Crippen molar-refractivity contribution in [1.82, 2.24) is 4.90 Å². The van der Waals surface area contributed by atoms with E-state index in [1.165, 1.54) is 19.2 Å². The van der Waals surface area contributed by atoms with Gasteiger partial charge < -0.3 is 15.0 Å². The van der Waals surface area contributed by atoms with Gasteiger partial charge in [-0.15, -0.1) is 0 Å². The largest absolute Gasteiger partial charge is 0.452 e. The smallest absolute Gasteiger partial charge is 0.338 e. The molecular weight excluding hydrogens is 425 g/mol. The lowest BCUT2D eigenvalue weighted by Gasteiger charge is -2.17. The monoisotopic (exact) mass is 439 g/mol. The van der Waals surface area contributed by atoms with Crippen LogP contribution in [0.4, 0.5) is 11.4 Å². The van der Waals surface area contributed by atoms with Crippen LogP contribution in [0.25, 0.3) is 0 Å². The number of hydrogen-bond donors (Lipinski definition) is 1. The van der Waals surface area contributed by atoms with Gasteiger partial charge in [-0.25, -0.2) is 4.79 Å². The number of benzene rings is 2. The van der Waals surface area contributed by atoms with Crippen LogP contribution in [0.5, 0.6) is 0 Å². The van der Waals surface area contributed by atoms with Crippen molar-refractivity contribution in [3.63, 3.8) is 0 Å². The minimum absolute atomic E-state index is 0.131. The van der Waals surface area contributed by atoms with Crippen molar-refractivity contribution in [2.45, 2.75) is 0 Å². The summed E-state index contributed by atoms with van der Waals surface area (Å²) in [4.78, 5) is 47.3. The number of ether oxygens (including phenoxy) is 1. The molecule has 0 fully saturated rings. The highest BCUT2D eigenvalue weighted by Gasteiger charge is 2.19. The molecule has 9 nitrogen and oxygen atoms in total. The lowest BCUT2D eigenvalue weighted by Crippen LogP contribution is -2.37. The average Bonchev–Trinajstić information content (AvgIpc) is 2.67. The Morgan fingerprint density at radius 3 is 2.48 bits per heavy atom. The highest BCUT2D eigenvalue weighted by atomic mass is 35.5. The second kappa shape index (κ2) is 9.85. The van der Waals surface area contributed by atoms with Gasteiger partial charge in [0.25, 0.3) is 11.6 Å². The molecule has 0 aliphatic heterocycles. The molecule has 29 heavy (non-hydrogen) atoms. The number of nitrogens with zero attached hydrogens (tertiary/aromatic N) is 2. The topological polar surface area (TPSA) is 119 Å². The minimum atomic E-state index is -0.938. The number of nitrogens with one attached hydrogen (secondary N) is 1. The van der Waals surface area contributed by atoms with Gasteiger partial charge in [0, 0.05) is 13.1 Å². The summed E-state index contributed by atoms with van der Waals surface area (Å²) in [6, 6.07) is 9.98. The van der Waals surface area contributed by atoms with E-state index >= 15 is 0 Å². The van der Waals surface area contributed by atoms with Crippen molar-refractivity contribution < 1.29 is 24.0 Å². The van der Waals surface area contributed by atoms with Crippen LogP contribution in [0.1, 0.15) is 10.4 Å². The first kappa shape index (κ1) is 22.1. The number of amides is 2. The van der Waals surface area contributed by atoms with Gasteiger partial charge in [-0.3, -0.25) is 19.7 Å². The molecule has 152 valence electrons. The highest BCUT2D eigenvalue weighted by Crippen LogP contribution is 2.25. The van der Waals surface area contributed by atoms with Crippen LogP contribution in [-0.4, -0.2) is 47.8 Å². The molecule has 0 spiro atoms. The quantitative estimate of drug-likeness (QED) is 0.401. The lowest BCUT2D eigenvalue weighted by atomic mass is 10.2. The Labute approximate surface area is 175 Å². The standard InChI is InChI=1S/C18H15Cl2N3O6/c1-22(9-16(24)21-14-5-3-2-4-12(14)19)17(25)10-29-18(26)11-6-7-13(20)15(8-11)23(27)28/h2-8H,9-10H2,1H3,(H,21,24). The van der Waals surface area contributed by atoms with E-state index in [0.717, 1.165) is 11.0 Å². The molecule has 0 aliphatic rings. The number of likely N-dealkylation sites (N-methyl/N-ethyl adjacent to an activating group) is 1. The molecule has 2 rings (SSSR count). The number of anilines is 1. The number of nitro groups is 1. The molecule has 0 atom stereocenters. The highest BCUT2D eigenvalue weighted by molar-refractivity contribution is 6.33. The Bertz CT molecular complexity index is 966. The fourth-order valence-electron chi connectivity index (χ4n) is 2.16. The van der Waals surface area contributed by atoms with E-state index < -0.39 is 35.0 Å². The van der Waals surface area contributed by atoms with Gasteiger partial charge in [0.1, 0.15) is 5.02 Å². The molecule has 0 saturated heterocycles. The Morgan fingerprint density at radius 1 is 1.14 bits per heavy atom. The Balaban J connectivity index is 1.89. The number of para-hydroxylation sites is 1. The Hall–Kier alpha value is -3.17. The van der Waals surface area contributed by atoms with Crippen LogP contribution in [0, 0.1) is 10.1 Å². The average molecular weight is 440 g/mol. The van der Waals surface area contributed by atoms with Gasteiger partial charge in [0.05, 0.1) is 27.7 Å². The number of carbonyl (C=O) groups is 3. The predicted octanol–water partition coefficient (Wildman–Crippen LogP) is 3.16. The summed E-state index contributed by atoms with van der Waals surface area (Å²) in [6.45, 7) is -0.945. The van der Waals surface area contributed by atoms with Gasteiger partial charge in [-0.1, -0.05) is 35.3 Å². The zero-order valence-electron chi connectivity index (χ0n) is 15.1. The maximum absolute atomic E-state index is 12.1. The van der Waals surface area contributed by atoms with Gasteiger partial charge >= 0.3 is 5.97 Å². The third kappa shape index (κ3) is 6.16. The number of halogens is 2. The van der Waals surface area contributed by atoms with Crippen LogP contribution in [0.3, 0.4) is 0 Å². The molecule has 0 radical (unpaired) electrons. The van der Waals surface area contributed by atoms with Gasteiger partial charge in [-0.2, -0.15) is 0 Å². The normalized spacial score (nSPS) is 10.2. The van der Waals surface area contributed by atoms with E-state index in [2.05, 4.69) is 5.32 Å². The number of nitro benzene ring substituents is 1. The molecule has 2 aromatic rings. The molecule has 0 aromatic heterocycles. The zero-order valence-corrected chi connectivity index (χ0v) is 16.6. The molecule has 0 saturated carbocycles. The summed E-state index contributed by atoms with van der Waals surface area (Å²) in [6.07, 6.45) is 0. The summed E-state index contributed by atoms with van der Waals surface area (Å²) < 4.78 is 4.86. The van der Waals surface area contributed by atoms with Crippen LogP contribution in [-0.2, 0) is 14.3 Å². The fourth-order valence-corrected chi connectivity index (χ4v) is 2.53. The maximum Gasteiger partial charge on any atom is 0.338 e. The van der Waals surface area contributed by atoms with Gasteiger partial charge in [0.2, 0.25) is 5.91 Å². The zero-order chi connectivity index (χ0) is 21.6. The predicted molar refractivity (Wildman–Crippen MR) is 106 cm³/mol. The first-order valence-corrected chi connectivity index (χ1v) is 8.84. The Morgan fingerprint density at radius 2 is 1.83 bits per heavy atom. The molecule has 2 aromatic carbocycles. The molecule has 0 aliphatic carbocycles. The molecule has 1 N–H and O–H groups in total. The van der Waals surface area contributed by atoms with E-state index in [-0.39, 0.29) is 17.1 Å². The molecule has 0 heterocycles. The summed E-state index contributed by atoms with van der Waals surface area (Å²) in [5, 5.41) is 13.6. The van der Waals surface area contributed by atoms with Crippen molar-refractivity contribution in [1.29, 1.82) is 0 Å². The second-order valence-electron chi connectivity index (χ2n) is 5.78. The fraction of sp³-hybridized carbons (Fsp3) is 0.167. The van der Waals surface area contributed by atoms with Crippen molar-refractivity contribution in [2.24, 2.45) is 0 Å². The maximum atomic E-state index is 12.1. The second-order valence-corrected chi connectivity index (χ2v) is 6.59. The number of hydrogen-bond acceptors (Lipinski definition) is 6. The van der Waals surface area contributed by atoms with Crippen molar-refractivity contribution in [2.75, 3.05) is 25.5 Å². The minimum Gasteiger partial charge on any atom is -0.452 e. The summed E-state index contributed by atoms with van der Waals surface area (Å²) >= 11 is 11.6. The molecule has 11 heteroatoms. The number of esters is 1. The first-order valence-electron chi connectivity index (χ1n) is 8.08. The van der Waals surface area contributed by atoms with E-state index in [4.69, 9.17) is 27.9 Å². The first-order chi connectivity index (χ1) is 13.7. The van der Waals surface area contributed by atoms with E-state index in [1.54, 1.807) is 24.3 Å². The van der Waals surface area contributed by atoms with Crippen LogP contribution in [0.2, 0.25) is 10.0 Å². The Kier molecular flexibility index (Phi) is 7.52. The third-order valence-corrected chi connectivity index (χ3v) is 4.31. The van der Waals surface area contributed by atoms with Crippen LogP contribution in [0.15, 0.2) is 42.5 Å². The van der Waals surface area contributed by atoms with E-state index in [9.17, 15) is 24.5 Å². The molecule has 0 bridgehead atoms. The van der Waals surface area contributed by atoms with Crippen molar-refractivity contribution in [3.05, 3.63) is 68.2 Å².